The van der Waals surface area contributed by atoms with E-state index in [4.69, 9.17) is 0 Å². The van der Waals surface area contributed by atoms with Gasteiger partial charge < -0.3 is 0 Å². The van der Waals surface area contributed by atoms with Crippen LogP contribution in [-0.4, -0.2) is 48.5 Å². The summed E-state index contributed by atoms with van der Waals surface area (Å²) < 4.78 is 27.3. The molecule has 1 atom stereocenters. The zero-order valence-corrected chi connectivity index (χ0v) is 11.7. The van der Waals surface area contributed by atoms with Crippen molar-refractivity contribution in [1.82, 2.24) is 8.61 Å². The third kappa shape index (κ3) is 3.15. The Bertz CT molecular complexity index is 294. The van der Waals surface area contributed by atoms with E-state index >= 15 is 0 Å². The molecular weight excluding hydrogens is 280 g/mol. The van der Waals surface area contributed by atoms with Gasteiger partial charge in [0.1, 0.15) is 0 Å². The molecule has 6 heteroatoms. The molecule has 0 aliphatic carbocycles. The standard InChI is InChI=1S/C9H19BrN2O2S/c1-9-5-3-4-7-12(9)15(13,14)11(2)8-6-10/h9H,3-8H2,1-2H3. The van der Waals surface area contributed by atoms with Gasteiger partial charge in [-0.25, -0.2) is 0 Å². The van der Waals surface area contributed by atoms with Gasteiger partial charge in [-0.05, 0) is 19.8 Å². The first kappa shape index (κ1) is 13.4. The second kappa shape index (κ2) is 5.61. The van der Waals surface area contributed by atoms with E-state index in [2.05, 4.69) is 15.9 Å². The summed E-state index contributed by atoms with van der Waals surface area (Å²) in [5.74, 6) is 0. The Hall–Kier alpha value is 0.350. The van der Waals surface area contributed by atoms with Crippen LogP contribution in [0, 0.1) is 0 Å². The predicted octanol–water partition coefficient (Wildman–Crippen LogP) is 1.43. The second-order valence-corrected chi connectivity index (χ2v) is 6.75. The molecule has 0 spiro atoms. The molecule has 0 radical (unpaired) electrons. The zero-order chi connectivity index (χ0) is 11.5. The van der Waals surface area contributed by atoms with E-state index in [1.165, 1.54) is 4.31 Å². The summed E-state index contributed by atoms with van der Waals surface area (Å²) in [6.45, 7) is 3.17. The molecule has 1 rings (SSSR count). The van der Waals surface area contributed by atoms with Crippen molar-refractivity contribution >= 4 is 26.1 Å². The minimum Gasteiger partial charge on any atom is -0.195 e. The molecule has 1 aliphatic rings. The second-order valence-electron chi connectivity index (χ2n) is 3.97. The molecule has 0 N–H and O–H groups in total. The minimum atomic E-state index is -3.24. The van der Waals surface area contributed by atoms with Crippen LogP contribution in [0.2, 0.25) is 0 Å². The molecule has 1 unspecified atom stereocenters. The Morgan fingerprint density at radius 1 is 1.47 bits per heavy atom. The smallest absolute Gasteiger partial charge is 0.195 e. The number of hydrogen-bond acceptors (Lipinski definition) is 2. The van der Waals surface area contributed by atoms with Crippen molar-refractivity contribution in [2.75, 3.05) is 25.5 Å². The Kier molecular flexibility index (Phi) is 5.02. The lowest BCUT2D eigenvalue weighted by molar-refractivity contribution is 0.252. The molecule has 0 aromatic carbocycles. The van der Waals surface area contributed by atoms with Gasteiger partial charge >= 0.3 is 0 Å². The van der Waals surface area contributed by atoms with Crippen LogP contribution in [-0.2, 0) is 10.2 Å². The van der Waals surface area contributed by atoms with E-state index in [0.717, 1.165) is 19.3 Å². The molecule has 1 saturated heterocycles. The van der Waals surface area contributed by atoms with Crippen LogP contribution >= 0.6 is 15.9 Å². The van der Waals surface area contributed by atoms with Crippen molar-refractivity contribution in [3.63, 3.8) is 0 Å². The van der Waals surface area contributed by atoms with Crippen molar-refractivity contribution < 1.29 is 8.42 Å². The van der Waals surface area contributed by atoms with Crippen LogP contribution < -0.4 is 0 Å². The van der Waals surface area contributed by atoms with Crippen molar-refractivity contribution in [2.24, 2.45) is 0 Å². The van der Waals surface area contributed by atoms with Gasteiger partial charge in [0.15, 0.2) is 0 Å². The molecular formula is C9H19BrN2O2S. The van der Waals surface area contributed by atoms with Crippen molar-refractivity contribution in [3.05, 3.63) is 0 Å². The molecule has 0 amide bonds. The monoisotopic (exact) mass is 298 g/mol. The fraction of sp³-hybridized carbons (Fsp3) is 1.00. The van der Waals surface area contributed by atoms with E-state index in [1.54, 1.807) is 11.4 Å². The van der Waals surface area contributed by atoms with Crippen LogP contribution in [0.4, 0.5) is 0 Å². The van der Waals surface area contributed by atoms with Crippen molar-refractivity contribution in [1.29, 1.82) is 0 Å². The maximum atomic E-state index is 12.1. The SMILES string of the molecule is CC1CCCCN1S(=O)(=O)N(C)CCBr. The number of hydrogen-bond donors (Lipinski definition) is 0. The highest BCUT2D eigenvalue weighted by molar-refractivity contribution is 9.09. The number of halogens is 1. The van der Waals surface area contributed by atoms with E-state index < -0.39 is 10.2 Å². The van der Waals surface area contributed by atoms with E-state index in [9.17, 15) is 8.42 Å². The number of piperidine rings is 1. The predicted molar refractivity (Wildman–Crippen MR) is 65.4 cm³/mol. The quantitative estimate of drug-likeness (QED) is 0.737. The number of alkyl halides is 1. The largest absolute Gasteiger partial charge is 0.281 e. The summed E-state index contributed by atoms with van der Waals surface area (Å²) in [5.41, 5.74) is 0. The maximum absolute atomic E-state index is 12.1. The maximum Gasteiger partial charge on any atom is 0.281 e. The van der Waals surface area contributed by atoms with Gasteiger partial charge in [-0.15, -0.1) is 0 Å². The molecule has 1 fully saturated rings. The van der Waals surface area contributed by atoms with Crippen molar-refractivity contribution in [3.8, 4) is 0 Å². The van der Waals surface area contributed by atoms with Gasteiger partial charge in [-0.1, -0.05) is 22.4 Å². The third-order valence-electron chi connectivity index (χ3n) is 2.83. The first-order chi connectivity index (χ1) is 7.00. The number of rotatable bonds is 4. The van der Waals surface area contributed by atoms with E-state index in [0.29, 0.717) is 18.4 Å². The third-order valence-corrected chi connectivity index (χ3v) is 5.29. The topological polar surface area (TPSA) is 40.6 Å². The van der Waals surface area contributed by atoms with Gasteiger partial charge in [0, 0.05) is 31.5 Å². The van der Waals surface area contributed by atoms with Gasteiger partial charge in [0.05, 0.1) is 0 Å². The number of nitrogens with zero attached hydrogens (tertiary/aromatic N) is 2. The summed E-state index contributed by atoms with van der Waals surface area (Å²) in [6, 6.07) is 0.140. The van der Waals surface area contributed by atoms with E-state index in [1.807, 2.05) is 6.92 Å². The average Bonchev–Trinajstić information content (AvgIpc) is 2.18. The fourth-order valence-electron chi connectivity index (χ4n) is 1.83. The molecule has 0 saturated carbocycles. The van der Waals surface area contributed by atoms with Gasteiger partial charge in [0.25, 0.3) is 10.2 Å². The average molecular weight is 299 g/mol. The molecule has 4 nitrogen and oxygen atoms in total. The highest BCUT2D eigenvalue weighted by Crippen LogP contribution is 2.21. The zero-order valence-electron chi connectivity index (χ0n) is 9.32. The summed E-state index contributed by atoms with van der Waals surface area (Å²) in [5, 5.41) is 0.672. The molecule has 90 valence electrons. The van der Waals surface area contributed by atoms with Crippen LogP contribution in [0.5, 0.6) is 0 Å². The Morgan fingerprint density at radius 3 is 2.67 bits per heavy atom. The van der Waals surface area contributed by atoms with Crippen LogP contribution in [0.15, 0.2) is 0 Å². The lowest BCUT2D eigenvalue weighted by Crippen LogP contribution is -2.48. The van der Waals surface area contributed by atoms with Crippen LogP contribution in [0.25, 0.3) is 0 Å². The highest BCUT2D eigenvalue weighted by Gasteiger charge is 2.32. The molecule has 15 heavy (non-hydrogen) atoms. The van der Waals surface area contributed by atoms with Gasteiger partial charge in [0.2, 0.25) is 0 Å². The van der Waals surface area contributed by atoms with E-state index in [-0.39, 0.29) is 6.04 Å². The summed E-state index contributed by atoms with van der Waals surface area (Å²) in [7, 11) is -1.60. The van der Waals surface area contributed by atoms with Crippen LogP contribution in [0.1, 0.15) is 26.2 Å². The fourth-order valence-corrected chi connectivity index (χ4v) is 4.19. The summed E-state index contributed by atoms with van der Waals surface area (Å²) in [6.07, 6.45) is 3.09. The summed E-state index contributed by atoms with van der Waals surface area (Å²) in [4.78, 5) is 0. The lowest BCUT2D eigenvalue weighted by atomic mass is 10.1. The van der Waals surface area contributed by atoms with Gasteiger partial charge in [-0.2, -0.15) is 17.0 Å². The van der Waals surface area contributed by atoms with Crippen molar-refractivity contribution in [2.45, 2.75) is 32.2 Å². The molecule has 0 aromatic heterocycles. The molecule has 0 bridgehead atoms. The molecule has 1 aliphatic heterocycles. The summed E-state index contributed by atoms with van der Waals surface area (Å²) >= 11 is 3.26. The normalized spacial score (nSPS) is 24.7. The highest BCUT2D eigenvalue weighted by atomic mass is 79.9. The van der Waals surface area contributed by atoms with Crippen LogP contribution in [0.3, 0.4) is 0 Å². The molecule has 0 aromatic rings. The first-order valence-electron chi connectivity index (χ1n) is 5.29. The minimum absolute atomic E-state index is 0.140. The first-order valence-corrected chi connectivity index (χ1v) is 7.81. The Morgan fingerprint density at radius 2 is 2.13 bits per heavy atom. The molecule has 1 heterocycles. The Labute approximate surface area is 101 Å². The van der Waals surface area contributed by atoms with Gasteiger partial charge in [-0.3, -0.25) is 0 Å². The Balaban J connectivity index is 2.75. The lowest BCUT2D eigenvalue weighted by Gasteiger charge is -2.34.